The molecule has 1 fully saturated rings. The standard InChI is InChI=1S/C14H19N3O3/c1-20-11-8-4-7-10(13(15)17-19)12(11)16-14(18)9-5-2-3-6-9/h4,7-9,19H,2-3,5-6H2,1H3,(H2,15,17)(H,16,18). The van der Waals surface area contributed by atoms with Crippen LogP contribution in [0.5, 0.6) is 5.75 Å². The summed E-state index contributed by atoms with van der Waals surface area (Å²) < 4.78 is 5.24. The molecule has 1 aromatic carbocycles. The minimum atomic E-state index is -0.0642. The van der Waals surface area contributed by atoms with Crippen LogP contribution in [-0.2, 0) is 4.79 Å². The highest BCUT2D eigenvalue weighted by atomic mass is 16.5. The molecule has 1 saturated carbocycles. The van der Waals surface area contributed by atoms with Gasteiger partial charge in [-0.25, -0.2) is 0 Å². The Morgan fingerprint density at radius 3 is 2.75 bits per heavy atom. The number of para-hydroxylation sites is 1. The lowest BCUT2D eigenvalue weighted by Crippen LogP contribution is -2.24. The van der Waals surface area contributed by atoms with Gasteiger partial charge in [0.2, 0.25) is 5.91 Å². The van der Waals surface area contributed by atoms with E-state index >= 15 is 0 Å². The summed E-state index contributed by atoms with van der Waals surface area (Å²) >= 11 is 0. The topological polar surface area (TPSA) is 96.9 Å². The average molecular weight is 277 g/mol. The molecule has 0 aromatic heterocycles. The van der Waals surface area contributed by atoms with Crippen molar-refractivity contribution in [3.05, 3.63) is 23.8 Å². The third kappa shape index (κ3) is 2.84. The van der Waals surface area contributed by atoms with Crippen LogP contribution in [0.15, 0.2) is 23.4 Å². The predicted octanol–water partition coefficient (Wildman–Crippen LogP) is 1.92. The third-order valence-electron chi connectivity index (χ3n) is 3.60. The number of nitrogens with two attached hydrogens (primary N) is 1. The maximum Gasteiger partial charge on any atom is 0.227 e. The number of oxime groups is 1. The van der Waals surface area contributed by atoms with Crippen molar-refractivity contribution in [3.63, 3.8) is 0 Å². The van der Waals surface area contributed by atoms with E-state index in [1.165, 1.54) is 7.11 Å². The number of benzene rings is 1. The van der Waals surface area contributed by atoms with Gasteiger partial charge in [0, 0.05) is 11.5 Å². The van der Waals surface area contributed by atoms with E-state index in [4.69, 9.17) is 15.7 Å². The minimum Gasteiger partial charge on any atom is -0.495 e. The van der Waals surface area contributed by atoms with E-state index in [0.717, 1.165) is 25.7 Å². The van der Waals surface area contributed by atoms with Crippen molar-refractivity contribution in [2.75, 3.05) is 12.4 Å². The van der Waals surface area contributed by atoms with Crippen LogP contribution in [0.25, 0.3) is 0 Å². The van der Waals surface area contributed by atoms with Crippen molar-refractivity contribution >= 4 is 17.4 Å². The number of carbonyl (C=O) groups is 1. The number of carbonyl (C=O) groups excluding carboxylic acids is 1. The Balaban J connectivity index is 2.30. The smallest absolute Gasteiger partial charge is 0.227 e. The van der Waals surface area contributed by atoms with Crippen LogP contribution in [0.3, 0.4) is 0 Å². The van der Waals surface area contributed by atoms with Gasteiger partial charge in [0.05, 0.1) is 12.8 Å². The van der Waals surface area contributed by atoms with Crippen LogP contribution in [0, 0.1) is 5.92 Å². The van der Waals surface area contributed by atoms with Crippen molar-refractivity contribution in [1.82, 2.24) is 0 Å². The molecule has 6 nitrogen and oxygen atoms in total. The summed E-state index contributed by atoms with van der Waals surface area (Å²) in [6.07, 6.45) is 3.97. The van der Waals surface area contributed by atoms with Gasteiger partial charge >= 0.3 is 0 Å². The third-order valence-corrected chi connectivity index (χ3v) is 3.60. The lowest BCUT2D eigenvalue weighted by Gasteiger charge is -2.16. The van der Waals surface area contributed by atoms with Gasteiger partial charge in [-0.3, -0.25) is 4.79 Å². The predicted molar refractivity (Wildman–Crippen MR) is 76.1 cm³/mol. The zero-order valence-electron chi connectivity index (χ0n) is 11.4. The first-order chi connectivity index (χ1) is 9.67. The van der Waals surface area contributed by atoms with Gasteiger partial charge in [0.1, 0.15) is 5.75 Å². The molecule has 1 amide bonds. The van der Waals surface area contributed by atoms with Crippen LogP contribution in [0.1, 0.15) is 31.2 Å². The lowest BCUT2D eigenvalue weighted by molar-refractivity contribution is -0.119. The van der Waals surface area contributed by atoms with Crippen LogP contribution < -0.4 is 15.8 Å². The highest BCUT2D eigenvalue weighted by molar-refractivity contribution is 6.07. The van der Waals surface area contributed by atoms with E-state index in [1.54, 1.807) is 18.2 Å². The number of ether oxygens (including phenoxy) is 1. The highest BCUT2D eigenvalue weighted by Gasteiger charge is 2.24. The molecule has 1 aliphatic carbocycles. The number of nitrogens with zero attached hydrogens (tertiary/aromatic N) is 1. The van der Waals surface area contributed by atoms with Crippen LogP contribution in [-0.4, -0.2) is 24.1 Å². The summed E-state index contributed by atoms with van der Waals surface area (Å²) in [5, 5.41) is 14.7. The van der Waals surface area contributed by atoms with E-state index in [0.29, 0.717) is 17.0 Å². The van der Waals surface area contributed by atoms with Gasteiger partial charge in [-0.1, -0.05) is 24.1 Å². The summed E-state index contributed by atoms with van der Waals surface area (Å²) in [7, 11) is 1.51. The van der Waals surface area contributed by atoms with Crippen LogP contribution >= 0.6 is 0 Å². The van der Waals surface area contributed by atoms with E-state index in [-0.39, 0.29) is 17.7 Å². The van der Waals surface area contributed by atoms with E-state index in [9.17, 15) is 4.79 Å². The summed E-state index contributed by atoms with van der Waals surface area (Å²) in [5.41, 5.74) is 6.53. The largest absolute Gasteiger partial charge is 0.495 e. The van der Waals surface area contributed by atoms with Gasteiger partial charge in [0.25, 0.3) is 0 Å². The number of hydrogen-bond acceptors (Lipinski definition) is 4. The SMILES string of the molecule is COc1cccc(/C(N)=N/O)c1NC(=O)C1CCCC1. The van der Waals surface area contributed by atoms with Crippen LogP contribution in [0.2, 0.25) is 0 Å². The quantitative estimate of drug-likeness (QED) is 0.339. The van der Waals surface area contributed by atoms with E-state index in [1.807, 2.05) is 0 Å². The first kappa shape index (κ1) is 14.2. The van der Waals surface area contributed by atoms with Crippen molar-refractivity contribution < 1.29 is 14.7 Å². The second-order valence-electron chi connectivity index (χ2n) is 4.84. The Morgan fingerprint density at radius 1 is 1.45 bits per heavy atom. The van der Waals surface area contributed by atoms with Gasteiger partial charge in [0.15, 0.2) is 5.84 Å². The van der Waals surface area contributed by atoms with Crippen LogP contribution in [0.4, 0.5) is 5.69 Å². The molecule has 0 spiro atoms. The molecule has 108 valence electrons. The second-order valence-corrected chi connectivity index (χ2v) is 4.84. The molecule has 0 heterocycles. The molecule has 0 unspecified atom stereocenters. The van der Waals surface area contributed by atoms with Gasteiger partial charge in [-0.15, -0.1) is 0 Å². The number of amidine groups is 1. The fourth-order valence-corrected chi connectivity index (χ4v) is 2.51. The van der Waals surface area contributed by atoms with E-state index in [2.05, 4.69) is 10.5 Å². The fourth-order valence-electron chi connectivity index (χ4n) is 2.51. The molecule has 1 aliphatic rings. The maximum absolute atomic E-state index is 12.2. The number of anilines is 1. The molecule has 2 rings (SSSR count). The summed E-state index contributed by atoms with van der Waals surface area (Å²) in [6, 6.07) is 5.11. The number of amides is 1. The number of methoxy groups -OCH3 is 1. The molecule has 0 saturated heterocycles. The zero-order valence-corrected chi connectivity index (χ0v) is 11.4. The Labute approximate surface area is 117 Å². The first-order valence-corrected chi connectivity index (χ1v) is 6.63. The number of rotatable bonds is 4. The lowest BCUT2D eigenvalue weighted by atomic mass is 10.1. The van der Waals surface area contributed by atoms with Crippen molar-refractivity contribution in [2.24, 2.45) is 16.8 Å². The molecule has 0 radical (unpaired) electrons. The Bertz CT molecular complexity index is 522. The Hall–Kier alpha value is -2.24. The molecular formula is C14H19N3O3. The molecule has 0 aliphatic heterocycles. The average Bonchev–Trinajstić information content (AvgIpc) is 3.01. The minimum absolute atomic E-state index is 0.0278. The monoisotopic (exact) mass is 277 g/mol. The maximum atomic E-state index is 12.2. The Morgan fingerprint density at radius 2 is 2.15 bits per heavy atom. The van der Waals surface area contributed by atoms with Crippen molar-refractivity contribution in [1.29, 1.82) is 0 Å². The van der Waals surface area contributed by atoms with E-state index < -0.39 is 0 Å². The first-order valence-electron chi connectivity index (χ1n) is 6.63. The molecular weight excluding hydrogens is 258 g/mol. The summed E-state index contributed by atoms with van der Waals surface area (Å²) in [6.45, 7) is 0. The van der Waals surface area contributed by atoms with Gasteiger partial charge < -0.3 is 21.0 Å². The fraction of sp³-hybridized carbons (Fsp3) is 0.429. The highest BCUT2D eigenvalue weighted by Crippen LogP contribution is 2.31. The summed E-state index contributed by atoms with van der Waals surface area (Å²) in [5.74, 6) is 0.408. The molecule has 20 heavy (non-hydrogen) atoms. The van der Waals surface area contributed by atoms with Crippen molar-refractivity contribution in [2.45, 2.75) is 25.7 Å². The summed E-state index contributed by atoms with van der Waals surface area (Å²) in [4.78, 5) is 12.2. The second kappa shape index (κ2) is 6.27. The molecule has 0 bridgehead atoms. The molecule has 6 heteroatoms. The normalized spacial score (nSPS) is 16.1. The molecule has 1 aromatic rings. The Kier molecular flexibility index (Phi) is 4.45. The van der Waals surface area contributed by atoms with Gasteiger partial charge in [-0.05, 0) is 25.0 Å². The number of nitrogens with one attached hydrogen (secondary N) is 1. The zero-order chi connectivity index (χ0) is 14.5. The van der Waals surface area contributed by atoms with Crippen molar-refractivity contribution in [3.8, 4) is 5.75 Å². The van der Waals surface area contributed by atoms with Gasteiger partial charge in [-0.2, -0.15) is 0 Å². The molecule has 4 N–H and O–H groups in total. The number of hydrogen-bond donors (Lipinski definition) is 3. The molecule has 0 atom stereocenters.